The van der Waals surface area contributed by atoms with Crippen LogP contribution in [0.2, 0.25) is 0 Å². The zero-order valence-corrected chi connectivity index (χ0v) is 80.8. The van der Waals surface area contributed by atoms with Gasteiger partial charge < -0.3 is 30.7 Å². The van der Waals surface area contributed by atoms with Gasteiger partial charge in [-0.05, 0) is 224 Å². The molecule has 0 amide bonds. The lowest BCUT2D eigenvalue weighted by atomic mass is 9.86. The second kappa shape index (κ2) is 39.9. The molecule has 147 heavy (non-hydrogen) atoms. The van der Waals surface area contributed by atoms with E-state index in [0.29, 0.717) is 6.42 Å². The van der Waals surface area contributed by atoms with Crippen molar-refractivity contribution in [3.8, 4) is 56.4 Å². The van der Waals surface area contributed by atoms with Crippen LogP contribution < -0.4 is 30.7 Å². The lowest BCUT2D eigenvalue weighted by Gasteiger charge is -2.34. The Morgan fingerprint density at radius 2 is 0.605 bits per heavy atom. The summed E-state index contributed by atoms with van der Waals surface area (Å²) < 4.78 is 5.70. The molecule has 0 spiro atoms. The predicted octanol–water partition coefficient (Wildman–Crippen LogP) is 33.8. The summed E-state index contributed by atoms with van der Waals surface area (Å²) in [6.07, 6.45) is 1.54. The maximum absolute atomic E-state index is 11.4. The van der Waals surface area contributed by atoms with Gasteiger partial charge in [-0.15, -0.1) is 0 Å². The van der Waals surface area contributed by atoms with E-state index in [1.807, 2.05) is 115 Å². The third-order valence-corrected chi connectivity index (χ3v) is 27.8. The summed E-state index contributed by atoms with van der Waals surface area (Å²) in [6, 6.07) is 166. The highest BCUT2D eigenvalue weighted by molar-refractivity contribution is 9.10. The first-order valence-corrected chi connectivity index (χ1v) is 49.2. The molecule has 0 bridgehead atoms. The van der Waals surface area contributed by atoms with Crippen LogP contribution in [-0.4, -0.2) is 33.9 Å². The van der Waals surface area contributed by atoms with Crippen LogP contribution in [0.4, 0.5) is 102 Å². The number of fused-ring (bicyclic) bond motifs is 10. The van der Waals surface area contributed by atoms with Crippen molar-refractivity contribution in [3.05, 3.63) is 560 Å². The number of nitrogens with one attached hydrogen (secondary N) is 1. The standard InChI is InChI=1S/C45H29N3.C25H16BrN3.C19H15N3O4.C19H14N2O2.C19H16N2/c1-3-14-30(15-4-1)42-34-18-7-9-20-36(34)43(37-21-10-8-19-35(37)42)31-26-28-32(29-27-31)45-46-38-22-13-25-41-44(38)48(45)40-24-12-11-23-39(40)47(41)33-16-5-2-6-17-33;26-18-15-13-17(14-16-18)25-27-20-9-6-12-23-24(20)29(25)22-11-5-4-10-21(22)28(23)19-7-2-1-3-8-19;23-21(24)18-11-6-12-19(22(25)26)16(18)13-14-7-4-5-10-17(14)20-15-8-2-1-3-9-15;22-21(23)19-12-6-11-18-16(19)13-14-7-4-5-10-17(14)20(18)15-8-2-1-3-9-15;20-17-10-6-12-19-16(17)13-14-7-4-5-11-18(14)21(19)15-8-2-1-3-9-15/h1-29H;1-16H;1-12,20H,13H2;1-12H,13H2;1-12H,13,20H2. The lowest BCUT2D eigenvalue weighted by Crippen LogP contribution is -2.19. The van der Waals surface area contributed by atoms with E-state index < -0.39 is 9.85 Å². The molecular formula is C127H90BrN13O6. The topological polar surface area (TPSA) is 216 Å². The van der Waals surface area contributed by atoms with Crippen molar-refractivity contribution in [3.63, 3.8) is 0 Å². The molecule has 23 aromatic rings. The molecule has 19 nitrogen and oxygen atoms in total. The van der Waals surface area contributed by atoms with E-state index >= 15 is 0 Å². The number of nitrogens with zero attached hydrogens (tertiary/aromatic N) is 11. The van der Waals surface area contributed by atoms with E-state index in [4.69, 9.17) is 15.7 Å². The van der Waals surface area contributed by atoms with Crippen molar-refractivity contribution in [1.29, 1.82) is 0 Å². The molecule has 0 atom stereocenters. The summed E-state index contributed by atoms with van der Waals surface area (Å²) in [6.45, 7) is 0. The molecule has 4 aliphatic rings. The van der Waals surface area contributed by atoms with Crippen molar-refractivity contribution < 1.29 is 14.8 Å². The Morgan fingerprint density at radius 1 is 0.286 bits per heavy atom. The van der Waals surface area contributed by atoms with Crippen LogP contribution in [0.1, 0.15) is 33.4 Å². The van der Waals surface area contributed by atoms with Crippen molar-refractivity contribution in [2.75, 3.05) is 30.7 Å². The number of rotatable bonds is 15. The smallest absolute Gasteiger partial charge is 0.279 e. The summed E-state index contributed by atoms with van der Waals surface area (Å²) in [5.74, 6) is 1.90. The average Bonchev–Trinajstić information content (AvgIpc) is 1.56. The molecule has 0 saturated heterocycles. The number of nitro benzene ring substituents is 3. The third-order valence-electron chi connectivity index (χ3n) is 27.3. The van der Waals surface area contributed by atoms with Crippen LogP contribution in [-0.2, 0) is 19.3 Å². The predicted molar refractivity (Wildman–Crippen MR) is 601 cm³/mol. The second-order valence-corrected chi connectivity index (χ2v) is 36.8. The molecule has 3 N–H and O–H groups in total. The number of nitrogen functional groups attached to an aromatic ring is 1. The first kappa shape index (κ1) is 91.3. The number of hydrogen-bond donors (Lipinski definition) is 2. The van der Waals surface area contributed by atoms with Gasteiger partial charge in [-0.25, -0.2) is 9.97 Å². The molecule has 706 valence electrons. The maximum Gasteiger partial charge on any atom is 0.279 e. The number of benzene rings is 21. The molecule has 0 unspecified atom stereocenters. The van der Waals surface area contributed by atoms with Crippen molar-refractivity contribution >= 4 is 162 Å². The molecule has 0 fully saturated rings. The number of imidazole rings is 2. The molecular weight excluding hydrogens is 1880 g/mol. The Kier molecular flexibility index (Phi) is 24.8. The number of anilines is 15. The van der Waals surface area contributed by atoms with E-state index in [2.05, 4.69) is 384 Å². The fraction of sp³-hybridized carbons (Fsp3) is 0.0236. The largest absolute Gasteiger partial charge is 0.398 e. The summed E-state index contributed by atoms with van der Waals surface area (Å²) >= 11 is 3.54. The van der Waals surface area contributed by atoms with Gasteiger partial charge in [0.2, 0.25) is 0 Å². The normalized spacial score (nSPS) is 12.0. The molecule has 4 aliphatic heterocycles. The first-order chi connectivity index (χ1) is 72.3. The van der Waals surface area contributed by atoms with Gasteiger partial charge in [-0.1, -0.05) is 325 Å². The lowest BCUT2D eigenvalue weighted by molar-refractivity contribution is -0.395. The molecule has 21 aromatic carbocycles. The van der Waals surface area contributed by atoms with Gasteiger partial charge in [0.25, 0.3) is 17.1 Å². The Morgan fingerprint density at radius 3 is 1.06 bits per heavy atom. The summed E-state index contributed by atoms with van der Waals surface area (Å²) in [5, 5.41) is 42.4. The Bertz CT molecular complexity index is 8860. The fourth-order valence-electron chi connectivity index (χ4n) is 20.8. The molecule has 0 saturated carbocycles. The van der Waals surface area contributed by atoms with Gasteiger partial charge >= 0.3 is 0 Å². The fourth-order valence-corrected chi connectivity index (χ4v) is 21.1. The van der Waals surface area contributed by atoms with E-state index in [0.717, 1.165) is 158 Å². The first-order valence-electron chi connectivity index (χ1n) is 48.4. The van der Waals surface area contributed by atoms with Crippen LogP contribution in [0.25, 0.3) is 100 Å². The maximum atomic E-state index is 11.4. The number of halogens is 1. The Labute approximate surface area is 855 Å². The molecule has 20 heteroatoms. The van der Waals surface area contributed by atoms with E-state index in [1.54, 1.807) is 24.3 Å². The highest BCUT2D eigenvalue weighted by atomic mass is 79.9. The molecule has 6 heterocycles. The SMILES string of the molecule is Brc1ccc(-c2nc3cccc4c3n2-c2ccccc2N4c2ccccc2)cc1.Nc1cccc2c1Cc1ccccc1N2c1ccccc1.O=[N+]([O-])c1cccc([N+](=O)[O-])c1Cc1ccccc1Nc1ccccc1.O=[N+]([O-])c1cccc2c1Cc1ccccc1N2c1ccccc1.c1ccc(-c2c3ccccc3c(-c3ccc(-c4nc5cccc6c5n4-c4ccccc4N6c4ccccc4)cc3)c3ccccc23)cc1. The summed E-state index contributed by atoms with van der Waals surface area (Å²) in [7, 11) is 0. The molecule has 27 rings (SSSR count). The van der Waals surface area contributed by atoms with Crippen molar-refractivity contribution in [2.24, 2.45) is 0 Å². The molecule has 2 aromatic heterocycles. The van der Waals surface area contributed by atoms with Gasteiger partial charge in [0.05, 0.1) is 87.9 Å². The van der Waals surface area contributed by atoms with Crippen LogP contribution in [0, 0.1) is 30.3 Å². The molecule has 0 aliphatic carbocycles. The average molecular weight is 1970 g/mol. The van der Waals surface area contributed by atoms with Crippen molar-refractivity contribution in [2.45, 2.75) is 19.3 Å². The highest BCUT2D eigenvalue weighted by Crippen LogP contribution is 2.54. The van der Waals surface area contributed by atoms with E-state index in [-0.39, 0.29) is 34.0 Å². The van der Waals surface area contributed by atoms with Crippen LogP contribution >= 0.6 is 15.9 Å². The minimum atomic E-state index is -0.588. The summed E-state index contributed by atoms with van der Waals surface area (Å²) in [5.41, 5.74) is 40.5. The number of aromatic nitrogens is 4. The van der Waals surface area contributed by atoms with Gasteiger partial charge in [-0.3, -0.25) is 39.5 Å². The number of hydrogen-bond acceptors (Lipinski definition) is 14. The third kappa shape index (κ3) is 17.4. The second-order valence-electron chi connectivity index (χ2n) is 35.9. The number of para-hydroxylation sites is 14. The van der Waals surface area contributed by atoms with Crippen LogP contribution in [0.3, 0.4) is 0 Å². The van der Waals surface area contributed by atoms with Crippen LogP contribution in [0.5, 0.6) is 0 Å². The van der Waals surface area contributed by atoms with Gasteiger partial charge in [0.15, 0.2) is 0 Å². The van der Waals surface area contributed by atoms with Crippen molar-refractivity contribution in [1.82, 2.24) is 19.1 Å². The Balaban J connectivity index is 0.000000105. The van der Waals surface area contributed by atoms with Gasteiger partial charge in [0.1, 0.15) is 17.2 Å². The zero-order chi connectivity index (χ0) is 99.5. The zero-order valence-electron chi connectivity index (χ0n) is 79.2. The monoisotopic (exact) mass is 1970 g/mol. The van der Waals surface area contributed by atoms with E-state index in [9.17, 15) is 30.3 Å². The summed E-state index contributed by atoms with van der Waals surface area (Å²) in [4.78, 5) is 52.0. The van der Waals surface area contributed by atoms with Gasteiger partial charge in [-0.2, -0.15) is 0 Å². The quantitative estimate of drug-likeness (QED) is 0.0423. The minimum absolute atomic E-state index is 0.0729. The minimum Gasteiger partial charge on any atom is -0.398 e. The number of nitro groups is 3. The Hall–Kier alpha value is -19.4. The van der Waals surface area contributed by atoms with Gasteiger partial charge in [0, 0.05) is 110 Å². The van der Waals surface area contributed by atoms with Crippen LogP contribution in [0.15, 0.2) is 496 Å². The molecule has 0 radical (unpaired) electrons. The highest BCUT2D eigenvalue weighted by Gasteiger charge is 2.35. The van der Waals surface area contributed by atoms with E-state index in [1.165, 1.54) is 84.5 Å². The number of nitrogens with two attached hydrogens (primary N) is 1.